The smallest absolute Gasteiger partial charge is 0.269 e. The molecule has 0 atom stereocenters. The second-order valence-electron chi connectivity index (χ2n) is 7.14. The van der Waals surface area contributed by atoms with Crippen LogP contribution in [0.5, 0.6) is 11.6 Å². The van der Waals surface area contributed by atoms with E-state index in [0.717, 1.165) is 15.8 Å². The highest BCUT2D eigenvalue weighted by molar-refractivity contribution is 7.19. The molecule has 0 fully saturated rings. The minimum atomic E-state index is -0.327. The van der Waals surface area contributed by atoms with E-state index in [2.05, 4.69) is 16.0 Å². The van der Waals surface area contributed by atoms with Crippen molar-refractivity contribution in [3.63, 3.8) is 0 Å². The van der Waals surface area contributed by atoms with Crippen molar-refractivity contribution < 1.29 is 4.74 Å². The van der Waals surface area contributed by atoms with Gasteiger partial charge in [0.25, 0.3) is 5.56 Å². The molecule has 0 spiro atoms. The van der Waals surface area contributed by atoms with Crippen molar-refractivity contribution in [2.75, 3.05) is 0 Å². The third-order valence-electron chi connectivity index (χ3n) is 4.87. The number of thiazole rings is 1. The molecule has 0 saturated heterocycles. The van der Waals surface area contributed by atoms with Crippen LogP contribution < -0.4 is 10.3 Å². The van der Waals surface area contributed by atoms with Gasteiger partial charge >= 0.3 is 0 Å². The van der Waals surface area contributed by atoms with E-state index in [-0.39, 0.29) is 22.6 Å². The quantitative estimate of drug-likeness (QED) is 0.349. The first-order valence-corrected chi connectivity index (χ1v) is 10.7. The molecular formula is C25H16N4O2S. The van der Waals surface area contributed by atoms with Crippen molar-refractivity contribution >= 4 is 38.8 Å². The summed E-state index contributed by atoms with van der Waals surface area (Å²) in [5.74, 6) is 0.700. The van der Waals surface area contributed by atoms with Crippen LogP contribution in [-0.4, -0.2) is 14.4 Å². The number of para-hydroxylation sites is 1. The van der Waals surface area contributed by atoms with Gasteiger partial charge in [-0.15, -0.1) is 11.3 Å². The number of aryl methyl sites for hydroxylation is 1. The average molecular weight is 436 g/mol. The summed E-state index contributed by atoms with van der Waals surface area (Å²) in [6.45, 7) is 1.96. The normalized spacial score (nSPS) is 11.6. The standard InChI is InChI=1S/C25H16N4O2S/c1-16-7-6-8-18(13-16)31-23-19(25(30)29-12-5-4-11-22(29)28-23)14-17(15-26)24-27-20-9-2-3-10-21(20)32-24/h2-14H,1H3. The SMILES string of the molecule is Cc1cccc(Oc2nc3ccccn3c(=O)c2C=C(C#N)c2nc3ccccc3s2)c1. The Morgan fingerprint density at radius 3 is 2.75 bits per heavy atom. The van der Waals surface area contributed by atoms with Crippen LogP contribution in [0.4, 0.5) is 0 Å². The highest BCUT2D eigenvalue weighted by Gasteiger charge is 2.17. The first-order valence-electron chi connectivity index (χ1n) is 9.86. The number of aromatic nitrogens is 3. The van der Waals surface area contributed by atoms with Gasteiger partial charge in [-0.2, -0.15) is 10.2 Å². The summed E-state index contributed by atoms with van der Waals surface area (Å²) < 4.78 is 8.42. The molecule has 32 heavy (non-hydrogen) atoms. The molecule has 2 aromatic carbocycles. The number of allylic oxidation sites excluding steroid dienone is 1. The van der Waals surface area contributed by atoms with E-state index in [1.165, 1.54) is 21.8 Å². The maximum Gasteiger partial charge on any atom is 0.269 e. The minimum absolute atomic E-state index is 0.140. The van der Waals surface area contributed by atoms with E-state index < -0.39 is 0 Å². The molecule has 0 aliphatic heterocycles. The van der Waals surface area contributed by atoms with Gasteiger partial charge in [-0.05, 0) is 55.0 Å². The number of fused-ring (bicyclic) bond motifs is 2. The lowest BCUT2D eigenvalue weighted by molar-refractivity contribution is 0.460. The molecule has 0 N–H and O–H groups in total. The first kappa shape index (κ1) is 19.7. The van der Waals surface area contributed by atoms with Gasteiger partial charge in [0.1, 0.15) is 28.0 Å². The largest absolute Gasteiger partial charge is 0.438 e. The Bertz CT molecular complexity index is 1580. The Morgan fingerprint density at radius 1 is 1.09 bits per heavy atom. The van der Waals surface area contributed by atoms with Gasteiger partial charge in [0.15, 0.2) is 0 Å². The van der Waals surface area contributed by atoms with Crippen molar-refractivity contribution in [3.05, 3.63) is 99.4 Å². The number of nitriles is 1. The average Bonchev–Trinajstić information content (AvgIpc) is 3.23. The molecule has 6 nitrogen and oxygen atoms in total. The van der Waals surface area contributed by atoms with Crippen LogP contribution in [0.2, 0.25) is 0 Å². The Labute approximate surface area is 187 Å². The summed E-state index contributed by atoms with van der Waals surface area (Å²) in [7, 11) is 0. The predicted octanol–water partition coefficient (Wildman–Crippen LogP) is 5.47. The van der Waals surface area contributed by atoms with Crippen LogP contribution in [0.15, 0.2) is 77.7 Å². The second kappa shape index (κ2) is 8.10. The Morgan fingerprint density at radius 2 is 1.94 bits per heavy atom. The van der Waals surface area contributed by atoms with Gasteiger partial charge < -0.3 is 4.74 Å². The van der Waals surface area contributed by atoms with E-state index in [1.807, 2.05) is 49.4 Å². The lowest BCUT2D eigenvalue weighted by Crippen LogP contribution is -2.18. The maximum absolute atomic E-state index is 13.3. The van der Waals surface area contributed by atoms with Crippen molar-refractivity contribution in [2.24, 2.45) is 0 Å². The van der Waals surface area contributed by atoms with Crippen LogP contribution in [-0.2, 0) is 0 Å². The van der Waals surface area contributed by atoms with Crippen molar-refractivity contribution in [1.82, 2.24) is 14.4 Å². The lowest BCUT2D eigenvalue weighted by atomic mass is 10.2. The molecule has 0 aliphatic carbocycles. The maximum atomic E-state index is 13.3. The molecule has 0 saturated carbocycles. The van der Waals surface area contributed by atoms with Gasteiger partial charge in [-0.25, -0.2) is 4.98 Å². The molecule has 3 aromatic heterocycles. The number of rotatable bonds is 4. The first-order chi connectivity index (χ1) is 15.6. The van der Waals surface area contributed by atoms with E-state index in [9.17, 15) is 10.1 Å². The van der Waals surface area contributed by atoms with Gasteiger partial charge in [-0.1, -0.05) is 30.3 Å². The zero-order chi connectivity index (χ0) is 22.1. The number of nitrogens with zero attached hydrogens (tertiary/aromatic N) is 4. The zero-order valence-electron chi connectivity index (χ0n) is 17.0. The summed E-state index contributed by atoms with van der Waals surface area (Å²) in [4.78, 5) is 22.4. The van der Waals surface area contributed by atoms with Gasteiger partial charge in [0.05, 0.1) is 15.8 Å². The molecule has 0 radical (unpaired) electrons. The summed E-state index contributed by atoms with van der Waals surface area (Å²) in [5.41, 5.74) is 2.41. The summed E-state index contributed by atoms with van der Waals surface area (Å²) >= 11 is 1.40. The summed E-state index contributed by atoms with van der Waals surface area (Å²) in [6, 6.07) is 22.6. The highest BCUT2D eigenvalue weighted by atomic mass is 32.1. The monoisotopic (exact) mass is 436 g/mol. The highest BCUT2D eigenvalue weighted by Crippen LogP contribution is 2.30. The van der Waals surface area contributed by atoms with Crippen molar-refractivity contribution in [1.29, 1.82) is 5.26 Å². The number of hydrogen-bond acceptors (Lipinski definition) is 6. The molecule has 0 amide bonds. The molecule has 0 aliphatic rings. The Kier molecular flexibility index (Phi) is 4.98. The van der Waals surface area contributed by atoms with E-state index in [0.29, 0.717) is 16.4 Å². The number of ether oxygens (including phenoxy) is 1. The van der Waals surface area contributed by atoms with Crippen molar-refractivity contribution in [3.8, 4) is 17.7 Å². The van der Waals surface area contributed by atoms with Crippen LogP contribution in [0.1, 0.15) is 16.1 Å². The molecule has 154 valence electrons. The molecular weight excluding hydrogens is 420 g/mol. The number of benzene rings is 2. The topological polar surface area (TPSA) is 80.3 Å². The van der Waals surface area contributed by atoms with Gasteiger partial charge in [0.2, 0.25) is 5.88 Å². The van der Waals surface area contributed by atoms with Crippen LogP contribution in [0.25, 0.3) is 27.5 Å². The van der Waals surface area contributed by atoms with Gasteiger partial charge in [-0.3, -0.25) is 9.20 Å². The van der Waals surface area contributed by atoms with Gasteiger partial charge in [0, 0.05) is 6.20 Å². The summed E-state index contributed by atoms with van der Waals surface area (Å²) in [6.07, 6.45) is 3.15. The number of hydrogen-bond donors (Lipinski definition) is 0. The minimum Gasteiger partial charge on any atom is -0.438 e. The number of pyridine rings is 1. The van der Waals surface area contributed by atoms with E-state index in [4.69, 9.17) is 4.74 Å². The molecule has 3 heterocycles. The lowest BCUT2D eigenvalue weighted by Gasteiger charge is -2.10. The van der Waals surface area contributed by atoms with Crippen molar-refractivity contribution in [2.45, 2.75) is 6.92 Å². The zero-order valence-corrected chi connectivity index (χ0v) is 17.8. The second-order valence-corrected chi connectivity index (χ2v) is 8.17. The predicted molar refractivity (Wildman–Crippen MR) is 126 cm³/mol. The molecule has 5 aromatic rings. The van der Waals surface area contributed by atoms with Crippen LogP contribution in [0, 0.1) is 18.3 Å². The van der Waals surface area contributed by atoms with Crippen LogP contribution >= 0.6 is 11.3 Å². The van der Waals surface area contributed by atoms with E-state index >= 15 is 0 Å². The third-order valence-corrected chi connectivity index (χ3v) is 5.94. The van der Waals surface area contributed by atoms with Crippen LogP contribution in [0.3, 0.4) is 0 Å². The molecule has 7 heteroatoms. The summed E-state index contributed by atoms with van der Waals surface area (Å²) in [5, 5.41) is 10.4. The van der Waals surface area contributed by atoms with E-state index in [1.54, 1.807) is 30.5 Å². The fourth-order valence-electron chi connectivity index (χ4n) is 3.35. The fraction of sp³-hybridized carbons (Fsp3) is 0.0400. The Balaban J connectivity index is 1.71. The third kappa shape index (κ3) is 3.64. The Hall–Kier alpha value is -4.28. The molecule has 0 bridgehead atoms. The molecule has 5 rings (SSSR count). The fourth-order valence-corrected chi connectivity index (χ4v) is 4.28. The molecule has 0 unspecified atom stereocenters.